The second-order valence-electron chi connectivity index (χ2n) is 17.7. The zero-order valence-corrected chi connectivity index (χ0v) is 34.3. The van der Waals surface area contributed by atoms with Crippen LogP contribution in [0.3, 0.4) is 0 Å². The van der Waals surface area contributed by atoms with E-state index in [0.29, 0.717) is 5.56 Å². The summed E-state index contributed by atoms with van der Waals surface area (Å²) in [4.78, 5) is 69.0. The molecule has 0 spiro atoms. The number of hydrogen-bond acceptors (Lipinski definition) is 15. The van der Waals surface area contributed by atoms with Crippen LogP contribution < -0.4 is 5.32 Å². The Balaban J connectivity index is 1.52. The fourth-order valence-corrected chi connectivity index (χ4v) is 9.72. The molecule has 3 fully saturated rings. The number of esters is 3. The Bertz CT molecular complexity index is 2030. The smallest absolute Gasteiger partial charge is 0.408 e. The summed E-state index contributed by atoms with van der Waals surface area (Å²) < 4.78 is 29.3. The maximum Gasteiger partial charge on any atom is 0.408 e. The Hall–Kier alpha value is -4.71. The van der Waals surface area contributed by atoms with Gasteiger partial charge in [-0.25, -0.2) is 14.4 Å². The van der Waals surface area contributed by atoms with E-state index >= 15 is 0 Å². The van der Waals surface area contributed by atoms with E-state index in [9.17, 15) is 49.5 Å². The number of aliphatic hydroxyl groups excluding tert-OH is 3. The van der Waals surface area contributed by atoms with Crippen LogP contribution in [-0.4, -0.2) is 121 Å². The lowest BCUT2D eigenvalue weighted by Crippen LogP contribution is -2.89. The van der Waals surface area contributed by atoms with Crippen LogP contribution >= 0.6 is 0 Å². The van der Waals surface area contributed by atoms with Gasteiger partial charge in [0.2, 0.25) is 0 Å². The van der Waals surface area contributed by atoms with Gasteiger partial charge in [-0.1, -0.05) is 62.4 Å². The van der Waals surface area contributed by atoms with E-state index in [1.807, 2.05) is 0 Å². The second-order valence-corrected chi connectivity index (χ2v) is 17.7. The van der Waals surface area contributed by atoms with Gasteiger partial charge in [-0.2, -0.15) is 0 Å². The van der Waals surface area contributed by atoms with Gasteiger partial charge in [-0.3, -0.25) is 9.59 Å². The highest BCUT2D eigenvalue weighted by Gasteiger charge is 2.85. The number of rotatable bonds is 8. The van der Waals surface area contributed by atoms with Gasteiger partial charge in [0.05, 0.1) is 29.7 Å². The molecule has 2 aromatic carbocycles. The molecule has 1 aliphatic heterocycles. The van der Waals surface area contributed by atoms with Crippen molar-refractivity contribution in [1.82, 2.24) is 5.32 Å². The van der Waals surface area contributed by atoms with Crippen molar-refractivity contribution in [1.29, 1.82) is 0 Å². The topological polar surface area (TPSA) is 245 Å². The first-order valence-electron chi connectivity index (χ1n) is 19.4. The molecule has 0 aromatic heterocycles. The standard InChI is InChI=1S/C43H53NO15/c1-22-26(56-35(51)32(48)30(24-15-11-9-12-16-24)44-37(52)59-38(3,4)5)20-41(53)36(57-34(50)25-17-13-10-14-18-25)40(8)42(58-23(2)45)21-55-28(42)19-27(46)43(40,54)33(49)31(47)29(22)39(41,6)7/h9-18,26-28,30-32,36,46-48,53-54H,19-21H2,1-8H3,(H,44,52)/t26-,27-,28+,30?,31+,32+,36-,40+,41+,42-,43+/m0/s1. The Morgan fingerprint density at radius 2 is 1.53 bits per heavy atom. The predicted molar refractivity (Wildman–Crippen MR) is 205 cm³/mol. The number of fused-ring (bicyclic) bond motifs is 5. The number of ether oxygens (including phenoxy) is 5. The van der Waals surface area contributed by atoms with Gasteiger partial charge in [0.25, 0.3) is 0 Å². The number of nitrogens with one attached hydrogen (secondary N) is 1. The second kappa shape index (κ2) is 15.1. The normalized spacial score (nSPS) is 34.6. The summed E-state index contributed by atoms with van der Waals surface area (Å²) in [6.07, 6.45) is -13.3. The van der Waals surface area contributed by atoms with Crippen molar-refractivity contribution in [3.05, 3.63) is 82.9 Å². The highest BCUT2D eigenvalue weighted by molar-refractivity contribution is 5.97. The van der Waals surface area contributed by atoms with Crippen molar-refractivity contribution in [3.8, 4) is 0 Å². The number of amides is 1. The monoisotopic (exact) mass is 823 g/mol. The quantitative estimate of drug-likeness (QED) is 0.127. The molecule has 11 atom stereocenters. The molecule has 6 rings (SSSR count). The van der Waals surface area contributed by atoms with Crippen LogP contribution in [0.1, 0.15) is 90.2 Å². The minimum atomic E-state index is -3.07. The fourth-order valence-electron chi connectivity index (χ4n) is 9.72. The summed E-state index contributed by atoms with van der Waals surface area (Å²) in [5, 5.41) is 64.3. The molecular weight excluding hydrogens is 770 g/mol. The van der Waals surface area contributed by atoms with Crippen LogP contribution in [0, 0.1) is 10.8 Å². The lowest BCUT2D eigenvalue weighted by atomic mass is 9.41. The lowest BCUT2D eigenvalue weighted by molar-refractivity contribution is -0.391. The number of benzene rings is 2. The third kappa shape index (κ3) is 6.83. The minimum Gasteiger partial charge on any atom is -0.456 e. The Morgan fingerprint density at radius 3 is 2.07 bits per heavy atom. The molecule has 1 unspecified atom stereocenters. The van der Waals surface area contributed by atoms with Gasteiger partial charge in [-0.05, 0) is 63.5 Å². The van der Waals surface area contributed by atoms with Crippen molar-refractivity contribution in [2.75, 3.05) is 6.61 Å². The van der Waals surface area contributed by atoms with E-state index in [-0.39, 0.29) is 16.7 Å². The Kier molecular flexibility index (Phi) is 11.2. The first-order chi connectivity index (χ1) is 27.4. The van der Waals surface area contributed by atoms with Crippen LogP contribution in [0.2, 0.25) is 0 Å². The van der Waals surface area contributed by atoms with Gasteiger partial charge in [-0.15, -0.1) is 0 Å². The van der Waals surface area contributed by atoms with Crippen molar-refractivity contribution in [2.45, 2.75) is 133 Å². The van der Waals surface area contributed by atoms with E-state index in [0.717, 1.165) is 6.92 Å². The molecule has 1 heterocycles. The molecular formula is C43H53NO15. The molecule has 6 N–H and O–H groups in total. The molecule has 320 valence electrons. The number of Topliss-reactive ketones (excluding diaryl/α,β-unsaturated/α-hetero) is 1. The summed E-state index contributed by atoms with van der Waals surface area (Å²) in [5.41, 5.74) is -12.7. The number of alkyl carbamates (subject to hydrolysis) is 1. The van der Waals surface area contributed by atoms with Gasteiger partial charge in [0, 0.05) is 25.2 Å². The first-order valence-corrected chi connectivity index (χ1v) is 19.4. The molecule has 16 heteroatoms. The molecule has 1 saturated heterocycles. The molecule has 2 bridgehead atoms. The highest BCUT2D eigenvalue weighted by Crippen LogP contribution is 2.67. The van der Waals surface area contributed by atoms with Crippen LogP contribution in [0.15, 0.2) is 71.8 Å². The zero-order valence-electron chi connectivity index (χ0n) is 34.3. The van der Waals surface area contributed by atoms with Gasteiger partial charge in [0.15, 0.2) is 23.1 Å². The summed E-state index contributed by atoms with van der Waals surface area (Å²) in [6.45, 7) is 11.1. The van der Waals surface area contributed by atoms with Gasteiger partial charge >= 0.3 is 24.0 Å². The average molecular weight is 824 g/mol. The Morgan fingerprint density at radius 1 is 0.932 bits per heavy atom. The van der Waals surface area contributed by atoms with E-state index in [1.165, 1.54) is 39.8 Å². The first kappa shape index (κ1) is 43.9. The third-order valence-electron chi connectivity index (χ3n) is 12.8. The van der Waals surface area contributed by atoms with Crippen LogP contribution in [0.5, 0.6) is 0 Å². The molecule has 16 nitrogen and oxygen atoms in total. The van der Waals surface area contributed by atoms with Crippen molar-refractivity contribution >= 4 is 29.8 Å². The summed E-state index contributed by atoms with van der Waals surface area (Å²) in [6, 6.07) is 14.2. The largest absolute Gasteiger partial charge is 0.456 e. The van der Waals surface area contributed by atoms with Crippen LogP contribution in [0.25, 0.3) is 0 Å². The molecule has 2 aromatic rings. The molecule has 1 amide bonds. The third-order valence-corrected chi connectivity index (χ3v) is 12.8. The van der Waals surface area contributed by atoms with Gasteiger partial charge < -0.3 is 54.5 Å². The minimum absolute atomic E-state index is 0.00735. The summed E-state index contributed by atoms with van der Waals surface area (Å²) in [7, 11) is 0. The molecule has 2 saturated carbocycles. The van der Waals surface area contributed by atoms with Crippen molar-refractivity contribution < 1.29 is 73.2 Å². The number of aliphatic hydroxyl groups is 5. The average Bonchev–Trinajstić information content (AvgIpc) is 3.16. The molecule has 4 aliphatic rings. The zero-order chi connectivity index (χ0) is 43.7. The molecule has 59 heavy (non-hydrogen) atoms. The molecule has 3 aliphatic carbocycles. The number of carbonyl (C=O) groups excluding carboxylic acids is 5. The number of carbonyl (C=O) groups is 5. The van der Waals surface area contributed by atoms with E-state index in [2.05, 4.69) is 5.32 Å². The van der Waals surface area contributed by atoms with E-state index in [4.69, 9.17) is 23.7 Å². The maximum atomic E-state index is 14.9. The predicted octanol–water partition coefficient (Wildman–Crippen LogP) is 2.37. The van der Waals surface area contributed by atoms with Crippen LogP contribution in [-0.2, 0) is 38.1 Å². The Labute approximate surface area is 341 Å². The number of hydrogen-bond donors (Lipinski definition) is 6. The van der Waals surface area contributed by atoms with Crippen LogP contribution in [0.4, 0.5) is 4.79 Å². The van der Waals surface area contributed by atoms with E-state index in [1.54, 1.807) is 69.3 Å². The van der Waals surface area contributed by atoms with Crippen molar-refractivity contribution in [2.24, 2.45) is 10.8 Å². The SMILES string of the molecule is CC(=O)O[C@@]12CO[C@@H]1C[C@H](O)[C@@]1(O)C(=O)[C@H](O)C3=C(C)[C@@H](OC(=O)[C@H](O)C(NC(=O)OC(C)(C)C)c4ccccc4)C[C@@](O)([C@@H](OC(=O)c4ccccc4)[C@]21C)C3(C)C. The fraction of sp³-hybridized carbons (Fsp3) is 0.558. The lowest BCUT2D eigenvalue weighted by Gasteiger charge is -2.71. The van der Waals surface area contributed by atoms with Gasteiger partial charge in [0.1, 0.15) is 35.6 Å². The van der Waals surface area contributed by atoms with Crippen molar-refractivity contribution in [3.63, 3.8) is 0 Å². The maximum absolute atomic E-state index is 14.9. The molecule has 0 radical (unpaired) electrons. The summed E-state index contributed by atoms with van der Waals surface area (Å²) in [5.74, 6) is -4.59. The van der Waals surface area contributed by atoms with E-state index < -0.39 is 125 Å². The number of ketones is 1. The highest BCUT2D eigenvalue weighted by atomic mass is 16.6. The summed E-state index contributed by atoms with van der Waals surface area (Å²) >= 11 is 0.